The minimum Gasteiger partial charge on any atom is -0.355 e. The van der Waals surface area contributed by atoms with Crippen LogP contribution in [0.5, 0.6) is 0 Å². The van der Waals surface area contributed by atoms with Crippen LogP contribution in [0.1, 0.15) is 23.6 Å². The molecule has 0 aliphatic carbocycles. The number of sulfonamides is 1. The van der Waals surface area contributed by atoms with Crippen LogP contribution in [0.25, 0.3) is 0 Å². The average Bonchev–Trinajstić information content (AvgIpc) is 2.86. The lowest BCUT2D eigenvalue weighted by Crippen LogP contribution is -2.53. The highest BCUT2D eigenvalue weighted by Gasteiger charge is 2.33. The molecule has 9 heteroatoms. The third kappa shape index (κ3) is 7.57. The fourth-order valence-electron chi connectivity index (χ4n) is 4.09. The standard InChI is InChI=1S/C28H32ClN3O4S/c1-4-30-28(34)26(18-22-13-6-5-7-14-22)31(19-23-15-9-10-16-24(23)29)27(33)20-32(37(3,35)36)25-17-11-8-12-21(25)2/h5-17,26H,4,18-20H2,1-3H3,(H,30,34)/t26-/m1/s1. The van der Waals surface area contributed by atoms with Gasteiger partial charge in [0.1, 0.15) is 12.6 Å². The number of aryl methyl sites for hydroxylation is 1. The normalized spacial score (nSPS) is 12.0. The molecule has 0 heterocycles. The van der Waals surface area contributed by atoms with Crippen molar-refractivity contribution in [2.24, 2.45) is 0 Å². The van der Waals surface area contributed by atoms with Gasteiger partial charge in [-0.05, 0) is 42.7 Å². The first-order chi connectivity index (χ1) is 17.6. The molecule has 3 aromatic rings. The van der Waals surface area contributed by atoms with E-state index in [1.807, 2.05) is 30.3 Å². The summed E-state index contributed by atoms with van der Waals surface area (Å²) < 4.78 is 26.7. The molecule has 196 valence electrons. The van der Waals surface area contributed by atoms with Crippen LogP contribution in [0.3, 0.4) is 0 Å². The molecule has 3 rings (SSSR count). The van der Waals surface area contributed by atoms with Crippen LogP contribution in [0.4, 0.5) is 5.69 Å². The molecule has 0 radical (unpaired) electrons. The van der Waals surface area contributed by atoms with Gasteiger partial charge in [-0.1, -0.05) is 78.3 Å². The number of halogens is 1. The summed E-state index contributed by atoms with van der Waals surface area (Å²) in [6.45, 7) is 3.56. The molecular formula is C28H32ClN3O4S. The summed E-state index contributed by atoms with van der Waals surface area (Å²) in [6.07, 6.45) is 1.32. The second-order valence-corrected chi connectivity index (χ2v) is 11.1. The molecule has 7 nitrogen and oxygen atoms in total. The fraction of sp³-hybridized carbons (Fsp3) is 0.286. The molecule has 37 heavy (non-hydrogen) atoms. The van der Waals surface area contributed by atoms with Crippen LogP contribution < -0.4 is 9.62 Å². The van der Waals surface area contributed by atoms with E-state index < -0.39 is 28.5 Å². The van der Waals surface area contributed by atoms with Crippen LogP contribution in [0.15, 0.2) is 78.9 Å². The number of para-hydroxylation sites is 1. The summed E-state index contributed by atoms with van der Waals surface area (Å²) in [5.74, 6) is -0.839. The Morgan fingerprint density at radius 2 is 1.57 bits per heavy atom. The van der Waals surface area contributed by atoms with Crippen LogP contribution in [-0.2, 0) is 32.6 Å². The lowest BCUT2D eigenvalue weighted by atomic mass is 10.0. The second kappa shape index (κ2) is 12.7. The van der Waals surface area contributed by atoms with Gasteiger partial charge in [0.2, 0.25) is 21.8 Å². The van der Waals surface area contributed by atoms with E-state index >= 15 is 0 Å². The Kier molecular flexibility index (Phi) is 9.72. The van der Waals surface area contributed by atoms with Crippen molar-refractivity contribution in [1.82, 2.24) is 10.2 Å². The summed E-state index contributed by atoms with van der Waals surface area (Å²) in [6, 6.07) is 22.6. The fourth-order valence-corrected chi connectivity index (χ4v) is 5.20. The van der Waals surface area contributed by atoms with E-state index in [2.05, 4.69) is 5.32 Å². The predicted octanol–water partition coefficient (Wildman–Crippen LogP) is 4.19. The maximum absolute atomic E-state index is 13.9. The number of hydrogen-bond donors (Lipinski definition) is 1. The van der Waals surface area contributed by atoms with Gasteiger partial charge >= 0.3 is 0 Å². The SMILES string of the molecule is CCNC(=O)[C@@H](Cc1ccccc1)N(Cc1ccccc1Cl)C(=O)CN(c1ccccc1C)S(C)(=O)=O. The number of likely N-dealkylation sites (N-methyl/N-ethyl adjacent to an activating group) is 1. The van der Waals surface area contributed by atoms with Gasteiger partial charge in [-0.3, -0.25) is 13.9 Å². The summed E-state index contributed by atoms with van der Waals surface area (Å²) in [5.41, 5.74) is 2.65. The highest BCUT2D eigenvalue weighted by molar-refractivity contribution is 7.92. The zero-order valence-electron chi connectivity index (χ0n) is 21.2. The number of nitrogens with one attached hydrogen (secondary N) is 1. The van der Waals surface area contributed by atoms with Crippen molar-refractivity contribution in [2.45, 2.75) is 32.9 Å². The van der Waals surface area contributed by atoms with E-state index in [9.17, 15) is 18.0 Å². The van der Waals surface area contributed by atoms with Crippen LogP contribution >= 0.6 is 11.6 Å². The Labute approximate surface area is 224 Å². The molecule has 0 aromatic heterocycles. The van der Waals surface area contributed by atoms with Crippen LogP contribution in [0.2, 0.25) is 5.02 Å². The number of anilines is 1. The lowest BCUT2D eigenvalue weighted by molar-refractivity contribution is -0.140. The summed E-state index contributed by atoms with van der Waals surface area (Å²) in [5, 5.41) is 3.28. The number of carbonyl (C=O) groups is 2. The highest BCUT2D eigenvalue weighted by Crippen LogP contribution is 2.24. The van der Waals surface area contributed by atoms with Crippen molar-refractivity contribution in [3.05, 3.63) is 101 Å². The van der Waals surface area contributed by atoms with Crippen molar-refractivity contribution in [3.8, 4) is 0 Å². The van der Waals surface area contributed by atoms with Gasteiger partial charge < -0.3 is 10.2 Å². The number of carbonyl (C=O) groups excluding carboxylic acids is 2. The molecule has 0 fully saturated rings. The monoisotopic (exact) mass is 541 g/mol. The molecule has 0 aliphatic heterocycles. The Morgan fingerprint density at radius 1 is 0.946 bits per heavy atom. The molecule has 0 unspecified atom stereocenters. The molecule has 1 N–H and O–H groups in total. The Bertz CT molecular complexity index is 1330. The minimum absolute atomic E-state index is 0.0402. The first-order valence-electron chi connectivity index (χ1n) is 12.0. The van der Waals surface area contributed by atoms with Crippen molar-refractivity contribution >= 4 is 39.1 Å². The number of benzene rings is 3. The molecule has 3 aromatic carbocycles. The van der Waals surface area contributed by atoms with E-state index in [1.54, 1.807) is 62.4 Å². The van der Waals surface area contributed by atoms with Gasteiger partial charge in [0, 0.05) is 24.5 Å². The quantitative estimate of drug-likeness (QED) is 0.394. The van der Waals surface area contributed by atoms with E-state index in [0.717, 1.165) is 16.1 Å². The third-order valence-corrected chi connectivity index (χ3v) is 7.48. The maximum Gasteiger partial charge on any atom is 0.244 e. The number of amides is 2. The summed E-state index contributed by atoms with van der Waals surface area (Å²) in [4.78, 5) is 28.7. The van der Waals surface area contributed by atoms with E-state index in [1.165, 1.54) is 4.90 Å². The Balaban J connectivity index is 2.06. The Hall–Kier alpha value is -3.36. The largest absolute Gasteiger partial charge is 0.355 e. The number of nitrogens with zero attached hydrogens (tertiary/aromatic N) is 2. The van der Waals surface area contributed by atoms with Crippen LogP contribution in [0, 0.1) is 6.92 Å². The van der Waals surface area contributed by atoms with Gasteiger partial charge in [0.15, 0.2) is 0 Å². The third-order valence-electron chi connectivity index (χ3n) is 5.98. The van der Waals surface area contributed by atoms with Gasteiger partial charge in [0.05, 0.1) is 11.9 Å². The Morgan fingerprint density at radius 3 is 2.19 bits per heavy atom. The van der Waals surface area contributed by atoms with Crippen LogP contribution in [-0.4, -0.2) is 50.5 Å². The molecular weight excluding hydrogens is 510 g/mol. The van der Waals surface area contributed by atoms with E-state index in [4.69, 9.17) is 11.6 Å². The smallest absolute Gasteiger partial charge is 0.244 e. The van der Waals surface area contributed by atoms with Gasteiger partial charge in [-0.2, -0.15) is 0 Å². The number of rotatable bonds is 11. The van der Waals surface area contributed by atoms with Gasteiger partial charge in [-0.15, -0.1) is 0 Å². The second-order valence-electron chi connectivity index (χ2n) is 8.77. The molecule has 0 aliphatic rings. The summed E-state index contributed by atoms with van der Waals surface area (Å²) in [7, 11) is -3.81. The molecule has 1 atom stereocenters. The van der Waals surface area contributed by atoms with E-state index in [-0.39, 0.29) is 18.9 Å². The maximum atomic E-state index is 13.9. The average molecular weight is 542 g/mol. The molecule has 0 saturated carbocycles. The zero-order chi connectivity index (χ0) is 27.0. The lowest BCUT2D eigenvalue weighted by Gasteiger charge is -2.34. The highest BCUT2D eigenvalue weighted by atomic mass is 35.5. The minimum atomic E-state index is -3.81. The number of hydrogen-bond acceptors (Lipinski definition) is 4. The zero-order valence-corrected chi connectivity index (χ0v) is 22.8. The predicted molar refractivity (Wildman–Crippen MR) is 148 cm³/mol. The first-order valence-corrected chi connectivity index (χ1v) is 14.2. The molecule has 0 spiro atoms. The van der Waals surface area contributed by atoms with Gasteiger partial charge in [-0.25, -0.2) is 8.42 Å². The van der Waals surface area contributed by atoms with Gasteiger partial charge in [0.25, 0.3) is 0 Å². The molecule has 2 amide bonds. The first kappa shape index (κ1) is 28.2. The van der Waals surface area contributed by atoms with E-state index in [0.29, 0.717) is 28.4 Å². The van der Waals surface area contributed by atoms with Crippen molar-refractivity contribution in [1.29, 1.82) is 0 Å². The van der Waals surface area contributed by atoms with Crippen molar-refractivity contribution in [2.75, 3.05) is 23.7 Å². The molecule has 0 saturated heterocycles. The topological polar surface area (TPSA) is 86.8 Å². The van der Waals surface area contributed by atoms with Crippen molar-refractivity contribution in [3.63, 3.8) is 0 Å². The van der Waals surface area contributed by atoms with Crippen molar-refractivity contribution < 1.29 is 18.0 Å². The summed E-state index contributed by atoms with van der Waals surface area (Å²) >= 11 is 6.43. The molecule has 0 bridgehead atoms.